The molecule has 0 fully saturated rings. The van der Waals surface area contributed by atoms with Gasteiger partial charge in [-0.05, 0) is 37.1 Å². The van der Waals surface area contributed by atoms with Crippen LogP contribution in [-0.4, -0.2) is 5.11 Å². The summed E-state index contributed by atoms with van der Waals surface area (Å²) in [6.45, 7) is 7.34. The molecule has 1 N–H and O–H groups in total. The molecule has 2 heteroatoms. The predicted molar refractivity (Wildman–Crippen MR) is 58.5 cm³/mol. The molecule has 0 saturated heterocycles. The Bertz CT molecular complexity index is 329. The van der Waals surface area contributed by atoms with Crippen molar-refractivity contribution in [2.75, 3.05) is 0 Å². The maximum Gasteiger partial charge on any atom is 0.107 e. The molecule has 0 aliphatic carbocycles. The zero-order valence-electron chi connectivity index (χ0n) is 7.84. The van der Waals surface area contributed by atoms with Crippen molar-refractivity contribution in [1.82, 2.24) is 0 Å². The monoisotopic (exact) mass is 240 g/mol. The van der Waals surface area contributed by atoms with Crippen molar-refractivity contribution >= 4 is 15.9 Å². The van der Waals surface area contributed by atoms with Gasteiger partial charge < -0.3 is 5.11 Å². The van der Waals surface area contributed by atoms with Crippen LogP contribution < -0.4 is 0 Å². The lowest BCUT2D eigenvalue weighted by Crippen LogP contribution is -2.21. The van der Waals surface area contributed by atoms with E-state index in [0.29, 0.717) is 0 Å². The number of rotatable bonds is 2. The lowest BCUT2D eigenvalue weighted by Gasteiger charge is -2.24. The summed E-state index contributed by atoms with van der Waals surface area (Å²) < 4.78 is 0.964. The molecule has 1 aromatic carbocycles. The first-order valence-corrected chi connectivity index (χ1v) is 4.88. The van der Waals surface area contributed by atoms with Gasteiger partial charge in [0, 0.05) is 4.47 Å². The number of hydrogen-bond donors (Lipinski definition) is 1. The zero-order chi connectivity index (χ0) is 10.1. The van der Waals surface area contributed by atoms with Gasteiger partial charge >= 0.3 is 0 Å². The second-order valence-electron chi connectivity index (χ2n) is 3.36. The highest BCUT2D eigenvalue weighted by atomic mass is 79.9. The molecular formula is C11H13BrO. The molecule has 0 aromatic heterocycles. The minimum Gasteiger partial charge on any atom is -0.381 e. The Labute approximate surface area is 87.2 Å². The Kier molecular flexibility index (Phi) is 2.94. The average Bonchev–Trinajstić information content (AvgIpc) is 2.04. The molecule has 70 valence electrons. The fraction of sp³-hybridized carbons (Fsp3) is 0.273. The Morgan fingerprint density at radius 3 is 2.62 bits per heavy atom. The molecule has 0 radical (unpaired) electrons. The van der Waals surface area contributed by atoms with E-state index in [1.54, 1.807) is 6.92 Å². The largest absolute Gasteiger partial charge is 0.381 e. The third-order valence-electron chi connectivity index (χ3n) is 2.22. The zero-order valence-corrected chi connectivity index (χ0v) is 9.43. The van der Waals surface area contributed by atoms with E-state index in [9.17, 15) is 5.11 Å². The van der Waals surface area contributed by atoms with Crippen molar-refractivity contribution in [3.05, 3.63) is 46.5 Å². The van der Waals surface area contributed by atoms with Crippen LogP contribution in [0.3, 0.4) is 0 Å². The normalized spacial score (nSPS) is 15.1. The van der Waals surface area contributed by atoms with Gasteiger partial charge in [0.15, 0.2) is 0 Å². The third kappa shape index (κ3) is 2.20. The van der Waals surface area contributed by atoms with E-state index in [1.807, 2.05) is 31.2 Å². The lowest BCUT2D eigenvalue weighted by atomic mass is 9.90. The first-order chi connectivity index (χ1) is 5.94. The number of benzene rings is 1. The molecular weight excluding hydrogens is 228 g/mol. The molecule has 0 saturated carbocycles. The lowest BCUT2D eigenvalue weighted by molar-refractivity contribution is 0.0980. The van der Waals surface area contributed by atoms with Crippen LogP contribution in [0, 0.1) is 0 Å². The molecule has 0 aliphatic heterocycles. The second-order valence-corrected chi connectivity index (χ2v) is 4.28. The summed E-state index contributed by atoms with van der Waals surface area (Å²) in [4.78, 5) is 0. The molecule has 1 rings (SSSR count). The summed E-state index contributed by atoms with van der Waals surface area (Å²) in [7, 11) is 0. The molecule has 0 bridgehead atoms. The van der Waals surface area contributed by atoms with Gasteiger partial charge in [0.2, 0.25) is 0 Å². The molecule has 1 unspecified atom stereocenters. The highest BCUT2D eigenvalue weighted by Crippen LogP contribution is 2.28. The number of halogens is 1. The summed E-state index contributed by atoms with van der Waals surface area (Å²) in [6, 6.07) is 7.61. The fourth-order valence-electron chi connectivity index (χ4n) is 1.04. The highest BCUT2D eigenvalue weighted by Gasteiger charge is 2.23. The molecule has 1 nitrogen and oxygen atoms in total. The van der Waals surface area contributed by atoms with Gasteiger partial charge in [-0.2, -0.15) is 0 Å². The Morgan fingerprint density at radius 2 is 2.15 bits per heavy atom. The van der Waals surface area contributed by atoms with Gasteiger partial charge in [0.1, 0.15) is 5.60 Å². The maximum absolute atomic E-state index is 10.1. The summed E-state index contributed by atoms with van der Waals surface area (Å²) in [5.41, 5.74) is 0.657. The van der Waals surface area contributed by atoms with E-state index in [0.717, 1.165) is 15.6 Å². The second kappa shape index (κ2) is 3.64. The minimum absolute atomic E-state index is 0.741. The standard InChI is InChI=1S/C11H13BrO/c1-8(2)11(3,13)9-5-4-6-10(12)7-9/h4-7,13H,1H2,2-3H3. The molecule has 0 aliphatic rings. The van der Waals surface area contributed by atoms with Crippen LogP contribution in [0.15, 0.2) is 40.9 Å². The van der Waals surface area contributed by atoms with Crippen LogP contribution in [-0.2, 0) is 5.60 Å². The number of aliphatic hydroxyl groups is 1. The van der Waals surface area contributed by atoms with E-state index in [2.05, 4.69) is 22.5 Å². The van der Waals surface area contributed by atoms with Crippen LogP contribution in [0.4, 0.5) is 0 Å². The van der Waals surface area contributed by atoms with Crippen molar-refractivity contribution in [2.45, 2.75) is 19.4 Å². The Morgan fingerprint density at radius 1 is 1.54 bits per heavy atom. The van der Waals surface area contributed by atoms with Gasteiger partial charge in [-0.15, -0.1) is 0 Å². The quantitative estimate of drug-likeness (QED) is 0.788. The van der Waals surface area contributed by atoms with Gasteiger partial charge in [0.05, 0.1) is 0 Å². The molecule has 1 aromatic rings. The van der Waals surface area contributed by atoms with Crippen LogP contribution in [0.1, 0.15) is 19.4 Å². The highest BCUT2D eigenvalue weighted by molar-refractivity contribution is 9.10. The fourth-order valence-corrected chi connectivity index (χ4v) is 1.44. The van der Waals surface area contributed by atoms with Crippen LogP contribution in [0.25, 0.3) is 0 Å². The van der Waals surface area contributed by atoms with E-state index in [-0.39, 0.29) is 0 Å². The first kappa shape index (κ1) is 10.5. The third-order valence-corrected chi connectivity index (χ3v) is 2.71. The van der Waals surface area contributed by atoms with Crippen LogP contribution in [0.2, 0.25) is 0 Å². The summed E-state index contributed by atoms with van der Waals surface area (Å²) in [5, 5.41) is 10.1. The van der Waals surface area contributed by atoms with Crippen molar-refractivity contribution in [1.29, 1.82) is 0 Å². The van der Waals surface area contributed by atoms with Crippen molar-refractivity contribution < 1.29 is 5.11 Å². The Hall–Kier alpha value is -0.600. The minimum atomic E-state index is -0.941. The molecule has 0 amide bonds. The van der Waals surface area contributed by atoms with Crippen molar-refractivity contribution in [2.24, 2.45) is 0 Å². The van der Waals surface area contributed by atoms with Crippen LogP contribution >= 0.6 is 15.9 Å². The molecule has 0 spiro atoms. The Balaban J connectivity index is 3.14. The van der Waals surface area contributed by atoms with E-state index >= 15 is 0 Å². The van der Waals surface area contributed by atoms with E-state index in [4.69, 9.17) is 0 Å². The average molecular weight is 241 g/mol. The van der Waals surface area contributed by atoms with Gasteiger partial charge in [-0.25, -0.2) is 0 Å². The van der Waals surface area contributed by atoms with Crippen molar-refractivity contribution in [3.63, 3.8) is 0 Å². The topological polar surface area (TPSA) is 20.2 Å². The van der Waals surface area contributed by atoms with Gasteiger partial charge in [0.25, 0.3) is 0 Å². The molecule has 1 atom stereocenters. The van der Waals surface area contributed by atoms with Gasteiger partial charge in [-0.1, -0.05) is 34.6 Å². The number of hydrogen-bond acceptors (Lipinski definition) is 1. The SMILES string of the molecule is C=C(C)C(C)(O)c1cccc(Br)c1. The summed E-state index contributed by atoms with van der Waals surface area (Å²) in [6.07, 6.45) is 0. The first-order valence-electron chi connectivity index (χ1n) is 4.09. The molecule has 13 heavy (non-hydrogen) atoms. The molecule has 0 heterocycles. The smallest absolute Gasteiger partial charge is 0.107 e. The summed E-state index contributed by atoms with van der Waals surface area (Å²) in [5.74, 6) is 0. The van der Waals surface area contributed by atoms with Crippen molar-refractivity contribution in [3.8, 4) is 0 Å². The summed E-state index contributed by atoms with van der Waals surface area (Å²) >= 11 is 3.36. The predicted octanol–water partition coefficient (Wildman–Crippen LogP) is 3.23. The van der Waals surface area contributed by atoms with E-state index in [1.165, 1.54) is 0 Å². The van der Waals surface area contributed by atoms with Crippen LogP contribution in [0.5, 0.6) is 0 Å². The van der Waals surface area contributed by atoms with E-state index < -0.39 is 5.60 Å². The maximum atomic E-state index is 10.1. The van der Waals surface area contributed by atoms with Gasteiger partial charge in [-0.3, -0.25) is 0 Å².